The molecule has 1 fully saturated rings. The molecule has 1 saturated carbocycles. The van der Waals surface area contributed by atoms with E-state index < -0.39 is 17.1 Å². The number of Topliss-reactive ketones (excluding diaryl/α,β-unsaturated/α-hetero) is 1. The molecule has 1 atom stereocenters. The number of hydrogen-bond acceptors (Lipinski definition) is 7. The lowest BCUT2D eigenvalue weighted by molar-refractivity contribution is -0.130. The minimum atomic E-state index is -0.795. The van der Waals surface area contributed by atoms with Crippen molar-refractivity contribution >= 4 is 23.1 Å². The average Bonchev–Trinajstić information content (AvgIpc) is 3.34. The molecule has 9 nitrogen and oxygen atoms in total. The van der Waals surface area contributed by atoms with Crippen molar-refractivity contribution in [2.45, 2.75) is 32.1 Å². The molecule has 2 heterocycles. The van der Waals surface area contributed by atoms with Crippen LogP contribution in [0.4, 0.5) is 11.4 Å². The van der Waals surface area contributed by atoms with Crippen molar-refractivity contribution in [3.05, 3.63) is 63.4 Å². The Bertz CT molecular complexity index is 1270. The summed E-state index contributed by atoms with van der Waals surface area (Å²) in [7, 11) is 0. The van der Waals surface area contributed by atoms with E-state index in [2.05, 4.69) is 25.3 Å². The minimum Gasteiger partial charge on any atom is -0.457 e. The lowest BCUT2D eigenvalue weighted by Crippen LogP contribution is -2.46. The van der Waals surface area contributed by atoms with Gasteiger partial charge in [-0.15, -0.1) is 0 Å². The second kappa shape index (κ2) is 6.83. The number of amides is 1. The highest BCUT2D eigenvalue weighted by Gasteiger charge is 2.51. The summed E-state index contributed by atoms with van der Waals surface area (Å²) in [4.78, 5) is 37.7. The predicted molar refractivity (Wildman–Crippen MR) is 112 cm³/mol. The number of aromatic amines is 1. The first kappa shape index (κ1) is 19.1. The summed E-state index contributed by atoms with van der Waals surface area (Å²) >= 11 is 0. The van der Waals surface area contributed by atoms with Crippen molar-refractivity contribution in [3.63, 3.8) is 0 Å². The number of nitrogens with one attached hydrogen (secondary N) is 3. The van der Waals surface area contributed by atoms with Crippen LogP contribution in [-0.2, 0) is 10.2 Å². The summed E-state index contributed by atoms with van der Waals surface area (Å²) in [6.45, 7) is 4.40. The number of H-pyrrole nitrogens is 1. The van der Waals surface area contributed by atoms with Crippen LogP contribution in [0.1, 0.15) is 40.2 Å². The second-order valence-electron chi connectivity index (χ2n) is 8.01. The summed E-state index contributed by atoms with van der Waals surface area (Å²) in [5, 5.41) is 9.38. The van der Waals surface area contributed by atoms with Gasteiger partial charge in [0.05, 0.1) is 5.41 Å². The maximum absolute atomic E-state index is 12.3. The number of hydrogen-bond donors (Lipinski definition) is 3. The molecule has 5 rings (SSSR count). The number of benzene rings is 2. The van der Waals surface area contributed by atoms with Crippen LogP contribution in [0.15, 0.2) is 39.6 Å². The summed E-state index contributed by atoms with van der Waals surface area (Å²) < 4.78 is 10.5. The predicted octanol–water partition coefficient (Wildman–Crippen LogP) is 3.05. The lowest BCUT2D eigenvalue weighted by atomic mass is 9.64. The van der Waals surface area contributed by atoms with E-state index in [4.69, 9.17) is 4.74 Å². The fraction of sp³-hybridized carbons (Fsp3) is 0.273. The SMILES string of the molecule is Cc1cc(NC(=O)c2noc(=O)[nH]2)cc(C)c1Oc1ccc2c(c1)C1(CCC1=O)CN2. The molecule has 3 aromatic rings. The second-order valence-corrected chi connectivity index (χ2v) is 8.01. The van der Waals surface area contributed by atoms with Crippen molar-refractivity contribution in [1.82, 2.24) is 10.1 Å². The first-order valence-electron chi connectivity index (χ1n) is 9.94. The molecule has 0 bridgehead atoms. The van der Waals surface area contributed by atoms with Crippen molar-refractivity contribution in [2.24, 2.45) is 0 Å². The number of fused-ring (bicyclic) bond motifs is 2. The van der Waals surface area contributed by atoms with Crippen molar-refractivity contribution in [1.29, 1.82) is 0 Å². The normalized spacial score (nSPS) is 19.0. The molecule has 1 unspecified atom stereocenters. The van der Waals surface area contributed by atoms with Crippen LogP contribution in [0.5, 0.6) is 11.5 Å². The number of aromatic nitrogens is 2. The highest BCUT2D eigenvalue weighted by molar-refractivity contribution is 6.01. The lowest BCUT2D eigenvalue weighted by Gasteiger charge is -2.36. The molecule has 1 spiro atoms. The summed E-state index contributed by atoms with van der Waals surface area (Å²) in [6, 6.07) is 9.31. The number of aryl methyl sites for hydroxylation is 2. The number of rotatable bonds is 4. The van der Waals surface area contributed by atoms with Gasteiger partial charge in [-0.2, -0.15) is 0 Å². The Morgan fingerprint density at radius 2 is 1.97 bits per heavy atom. The Morgan fingerprint density at radius 1 is 1.19 bits per heavy atom. The van der Waals surface area contributed by atoms with Gasteiger partial charge >= 0.3 is 5.76 Å². The Labute approximate surface area is 176 Å². The van der Waals surface area contributed by atoms with E-state index in [-0.39, 0.29) is 11.6 Å². The smallest absolute Gasteiger partial charge is 0.439 e. The van der Waals surface area contributed by atoms with Gasteiger partial charge in [-0.3, -0.25) is 19.1 Å². The first-order valence-corrected chi connectivity index (χ1v) is 9.94. The number of nitrogens with zero attached hydrogens (tertiary/aromatic N) is 1. The first-order chi connectivity index (χ1) is 14.9. The molecule has 2 aromatic carbocycles. The van der Waals surface area contributed by atoms with E-state index in [1.807, 2.05) is 32.0 Å². The van der Waals surface area contributed by atoms with E-state index in [0.29, 0.717) is 30.2 Å². The van der Waals surface area contributed by atoms with E-state index in [1.54, 1.807) is 12.1 Å². The van der Waals surface area contributed by atoms with Crippen molar-refractivity contribution in [3.8, 4) is 11.5 Å². The van der Waals surface area contributed by atoms with Crippen LogP contribution in [0.2, 0.25) is 0 Å². The maximum atomic E-state index is 12.3. The molecule has 1 aromatic heterocycles. The summed E-state index contributed by atoms with van der Waals surface area (Å²) in [6.07, 6.45) is 1.48. The van der Waals surface area contributed by atoms with Crippen LogP contribution >= 0.6 is 0 Å². The fourth-order valence-corrected chi connectivity index (χ4v) is 4.30. The van der Waals surface area contributed by atoms with E-state index in [1.165, 1.54) is 0 Å². The third-order valence-corrected chi connectivity index (χ3v) is 5.99. The summed E-state index contributed by atoms with van der Waals surface area (Å²) in [5.41, 5.74) is 3.75. The van der Waals surface area contributed by atoms with E-state index in [9.17, 15) is 14.4 Å². The fourth-order valence-electron chi connectivity index (χ4n) is 4.30. The van der Waals surface area contributed by atoms with Gasteiger partial charge in [0.2, 0.25) is 5.82 Å². The quantitative estimate of drug-likeness (QED) is 0.592. The molecule has 31 heavy (non-hydrogen) atoms. The monoisotopic (exact) mass is 420 g/mol. The van der Waals surface area contributed by atoms with Crippen LogP contribution in [0.3, 0.4) is 0 Å². The molecule has 158 valence electrons. The van der Waals surface area contributed by atoms with Gasteiger partial charge in [0.15, 0.2) is 0 Å². The molecule has 1 aliphatic heterocycles. The molecule has 0 saturated heterocycles. The van der Waals surface area contributed by atoms with Crippen molar-refractivity contribution in [2.75, 3.05) is 17.2 Å². The zero-order valence-electron chi connectivity index (χ0n) is 17.0. The van der Waals surface area contributed by atoms with Gasteiger partial charge in [0, 0.05) is 24.3 Å². The van der Waals surface area contributed by atoms with Gasteiger partial charge in [-0.1, -0.05) is 0 Å². The number of anilines is 2. The topological polar surface area (TPSA) is 126 Å². The largest absolute Gasteiger partial charge is 0.457 e. The Hall–Kier alpha value is -3.88. The average molecular weight is 420 g/mol. The molecule has 1 aliphatic carbocycles. The molecule has 1 amide bonds. The Balaban J connectivity index is 1.39. The van der Waals surface area contributed by atoms with E-state index in [0.717, 1.165) is 28.8 Å². The van der Waals surface area contributed by atoms with E-state index >= 15 is 0 Å². The van der Waals surface area contributed by atoms with Crippen LogP contribution in [0.25, 0.3) is 0 Å². The molecule has 9 heteroatoms. The van der Waals surface area contributed by atoms with Crippen LogP contribution in [-0.4, -0.2) is 28.4 Å². The Morgan fingerprint density at radius 3 is 2.58 bits per heavy atom. The Kier molecular flexibility index (Phi) is 4.21. The zero-order chi connectivity index (χ0) is 21.8. The molecular formula is C22H20N4O5. The number of carbonyl (C=O) groups is 2. The highest BCUT2D eigenvalue weighted by Crippen LogP contribution is 2.49. The van der Waals surface area contributed by atoms with Crippen LogP contribution < -0.4 is 21.1 Å². The molecule has 3 N–H and O–H groups in total. The van der Waals surface area contributed by atoms with Crippen LogP contribution in [0, 0.1) is 13.8 Å². The maximum Gasteiger partial charge on any atom is 0.439 e. The molecule has 2 aliphatic rings. The van der Waals surface area contributed by atoms with Gasteiger partial charge in [-0.05, 0) is 72.4 Å². The van der Waals surface area contributed by atoms with Gasteiger partial charge in [0.1, 0.15) is 17.3 Å². The van der Waals surface area contributed by atoms with Gasteiger partial charge < -0.3 is 15.4 Å². The zero-order valence-corrected chi connectivity index (χ0v) is 17.0. The number of ketones is 1. The van der Waals surface area contributed by atoms with Crippen molar-refractivity contribution < 1.29 is 18.8 Å². The third-order valence-electron chi connectivity index (χ3n) is 5.99. The standard InChI is InChI=1S/C22H20N4O5/c1-11-7-13(24-20(28)19-25-21(29)31-26-19)8-12(2)18(11)30-14-3-4-16-15(9-14)22(10-23-16)6-5-17(22)27/h3-4,7-9,23H,5-6,10H2,1-2H3,(H,24,28)(H,25,26,29). The molecule has 0 radical (unpaired) electrons. The number of ether oxygens (including phenoxy) is 1. The minimum absolute atomic E-state index is 0.202. The molecular weight excluding hydrogens is 400 g/mol. The van der Waals surface area contributed by atoms with Gasteiger partial charge in [0.25, 0.3) is 5.91 Å². The summed E-state index contributed by atoms with van der Waals surface area (Å²) in [5.74, 6) is 0.0252. The van der Waals surface area contributed by atoms with Gasteiger partial charge in [-0.25, -0.2) is 4.79 Å². The third kappa shape index (κ3) is 3.09. The number of carbonyl (C=O) groups excluding carboxylic acids is 2. The highest BCUT2D eigenvalue weighted by atomic mass is 16.5.